The van der Waals surface area contributed by atoms with Crippen LogP contribution in [0.3, 0.4) is 0 Å². The summed E-state index contributed by atoms with van der Waals surface area (Å²) in [6, 6.07) is 14.9. The molecular weight excluding hydrogens is 390 g/mol. The van der Waals surface area contributed by atoms with Crippen molar-refractivity contribution in [1.29, 1.82) is 0 Å². The Kier molecular flexibility index (Phi) is 5.31. The van der Waals surface area contributed by atoms with E-state index in [2.05, 4.69) is 15.2 Å². The summed E-state index contributed by atoms with van der Waals surface area (Å²) in [6.45, 7) is 4.50. The summed E-state index contributed by atoms with van der Waals surface area (Å²) in [5.41, 5.74) is 2.83. The van der Waals surface area contributed by atoms with Gasteiger partial charge < -0.3 is 20.1 Å². The lowest BCUT2D eigenvalue weighted by molar-refractivity contribution is 0.208. The summed E-state index contributed by atoms with van der Waals surface area (Å²) in [5.74, 6) is 0. The monoisotopic (exact) mass is 411 g/mol. The Hall–Kier alpha value is -3.19. The minimum Gasteiger partial charge on any atom is -0.368 e. The van der Waals surface area contributed by atoms with E-state index in [4.69, 9.17) is 11.6 Å². The molecule has 0 atom stereocenters. The van der Waals surface area contributed by atoms with Gasteiger partial charge in [-0.05, 0) is 37.3 Å². The topological polar surface area (TPSA) is 73.4 Å². The van der Waals surface area contributed by atoms with Crippen LogP contribution in [0.5, 0.6) is 0 Å². The van der Waals surface area contributed by atoms with Gasteiger partial charge in [0.1, 0.15) is 0 Å². The summed E-state index contributed by atoms with van der Waals surface area (Å²) < 4.78 is 1.55. The molecule has 1 aliphatic heterocycles. The van der Waals surface area contributed by atoms with Crippen molar-refractivity contribution in [1.82, 2.24) is 14.5 Å². The van der Waals surface area contributed by atoms with Gasteiger partial charge in [0.25, 0.3) is 0 Å². The Morgan fingerprint density at radius 2 is 1.83 bits per heavy atom. The third kappa shape index (κ3) is 4.00. The molecule has 2 aromatic carbocycles. The van der Waals surface area contributed by atoms with E-state index in [1.165, 1.54) is 0 Å². The maximum Gasteiger partial charge on any atom is 0.330 e. The minimum absolute atomic E-state index is 0.176. The van der Waals surface area contributed by atoms with Crippen LogP contribution in [-0.2, 0) is 0 Å². The van der Waals surface area contributed by atoms with E-state index < -0.39 is 0 Å². The lowest BCUT2D eigenvalue weighted by atomic mass is 10.2. The van der Waals surface area contributed by atoms with Crippen LogP contribution in [0.1, 0.15) is 5.69 Å². The zero-order valence-electron chi connectivity index (χ0n) is 16.1. The maximum absolute atomic E-state index is 12.8. The van der Waals surface area contributed by atoms with Crippen molar-refractivity contribution in [2.24, 2.45) is 0 Å². The van der Waals surface area contributed by atoms with Gasteiger partial charge in [0.2, 0.25) is 0 Å². The highest BCUT2D eigenvalue weighted by Gasteiger charge is 2.22. The Balaban J connectivity index is 1.46. The lowest BCUT2D eigenvalue weighted by Crippen LogP contribution is -2.50. The van der Waals surface area contributed by atoms with Crippen molar-refractivity contribution >= 4 is 29.0 Å². The van der Waals surface area contributed by atoms with Gasteiger partial charge in [-0.1, -0.05) is 29.8 Å². The number of aromatic amines is 1. The summed E-state index contributed by atoms with van der Waals surface area (Å²) in [7, 11) is 0. The predicted molar refractivity (Wildman–Crippen MR) is 115 cm³/mol. The molecule has 150 valence electrons. The summed E-state index contributed by atoms with van der Waals surface area (Å²) in [6.07, 6.45) is 1.65. The van der Waals surface area contributed by atoms with Gasteiger partial charge in [-0.3, -0.25) is 4.57 Å². The van der Waals surface area contributed by atoms with Crippen LogP contribution in [0.2, 0.25) is 5.02 Å². The average Bonchev–Trinajstić information content (AvgIpc) is 3.06. The van der Waals surface area contributed by atoms with Gasteiger partial charge in [-0.2, -0.15) is 0 Å². The molecule has 0 aliphatic carbocycles. The number of piperazine rings is 1. The molecule has 2 amide bonds. The molecule has 7 nitrogen and oxygen atoms in total. The number of halogens is 1. The molecule has 1 aromatic heterocycles. The van der Waals surface area contributed by atoms with Crippen molar-refractivity contribution in [2.75, 3.05) is 36.4 Å². The van der Waals surface area contributed by atoms with Crippen LogP contribution in [0.25, 0.3) is 5.69 Å². The number of imidazole rings is 1. The second-order valence-electron chi connectivity index (χ2n) is 6.97. The van der Waals surface area contributed by atoms with Gasteiger partial charge in [-0.25, -0.2) is 9.59 Å². The average molecular weight is 412 g/mol. The van der Waals surface area contributed by atoms with E-state index in [1.54, 1.807) is 21.7 Å². The highest BCUT2D eigenvalue weighted by Crippen LogP contribution is 2.23. The molecule has 8 heteroatoms. The van der Waals surface area contributed by atoms with Crippen molar-refractivity contribution in [3.63, 3.8) is 0 Å². The normalized spacial score (nSPS) is 14.1. The van der Waals surface area contributed by atoms with Gasteiger partial charge in [0.05, 0.1) is 11.4 Å². The number of hydrogen-bond donors (Lipinski definition) is 2. The van der Waals surface area contributed by atoms with Gasteiger partial charge in [0.15, 0.2) is 0 Å². The van der Waals surface area contributed by atoms with E-state index in [0.717, 1.165) is 24.5 Å². The Morgan fingerprint density at radius 1 is 1.07 bits per heavy atom. The molecule has 3 aromatic rings. The molecule has 1 fully saturated rings. The number of hydrogen-bond acceptors (Lipinski definition) is 3. The van der Waals surface area contributed by atoms with Crippen LogP contribution < -0.4 is 15.9 Å². The fourth-order valence-corrected chi connectivity index (χ4v) is 3.75. The number of aryl methyl sites for hydroxylation is 1. The molecule has 4 rings (SSSR count). The number of rotatable bonds is 3. The van der Waals surface area contributed by atoms with Crippen LogP contribution >= 0.6 is 11.6 Å². The van der Waals surface area contributed by atoms with E-state index in [0.29, 0.717) is 29.5 Å². The fourth-order valence-electron chi connectivity index (χ4n) is 3.56. The summed E-state index contributed by atoms with van der Waals surface area (Å²) in [4.78, 5) is 31.7. The van der Waals surface area contributed by atoms with Crippen molar-refractivity contribution in [3.8, 4) is 5.69 Å². The first-order valence-corrected chi connectivity index (χ1v) is 9.83. The molecule has 0 spiro atoms. The molecule has 0 unspecified atom stereocenters. The second-order valence-corrected chi connectivity index (χ2v) is 7.41. The smallest absolute Gasteiger partial charge is 0.330 e. The highest BCUT2D eigenvalue weighted by molar-refractivity contribution is 6.30. The molecule has 1 aliphatic rings. The molecule has 1 saturated heterocycles. The first-order valence-electron chi connectivity index (χ1n) is 9.46. The molecular formula is C21H22ClN5O2. The maximum atomic E-state index is 12.8. The fraction of sp³-hybridized carbons (Fsp3) is 0.238. The number of carbonyl (C=O) groups is 1. The lowest BCUT2D eigenvalue weighted by Gasteiger charge is -2.36. The van der Waals surface area contributed by atoms with E-state index in [1.807, 2.05) is 49.4 Å². The number of anilines is 2. The number of nitrogens with one attached hydrogen (secondary N) is 2. The molecule has 29 heavy (non-hydrogen) atoms. The third-order valence-corrected chi connectivity index (χ3v) is 5.32. The molecule has 0 radical (unpaired) electrons. The molecule has 0 saturated carbocycles. The van der Waals surface area contributed by atoms with Crippen LogP contribution in [0.4, 0.5) is 16.2 Å². The van der Waals surface area contributed by atoms with E-state index in [-0.39, 0.29) is 11.7 Å². The molecule has 2 heterocycles. The summed E-state index contributed by atoms with van der Waals surface area (Å²) in [5, 5.41) is 3.66. The number of urea groups is 1. The quantitative estimate of drug-likeness (QED) is 0.693. The van der Waals surface area contributed by atoms with Crippen LogP contribution in [0.15, 0.2) is 59.5 Å². The van der Waals surface area contributed by atoms with Gasteiger partial charge in [0, 0.05) is 48.8 Å². The van der Waals surface area contributed by atoms with Crippen molar-refractivity contribution in [2.45, 2.75) is 6.92 Å². The first kappa shape index (κ1) is 19.1. The van der Waals surface area contributed by atoms with Crippen LogP contribution in [0, 0.1) is 6.92 Å². The highest BCUT2D eigenvalue weighted by atomic mass is 35.5. The number of benzene rings is 2. The Labute approximate surface area is 173 Å². The molecule has 2 N–H and O–H groups in total. The van der Waals surface area contributed by atoms with Crippen molar-refractivity contribution in [3.05, 3.63) is 75.9 Å². The minimum atomic E-state index is -0.237. The number of aromatic nitrogens is 2. The number of nitrogens with zero attached hydrogens (tertiary/aromatic N) is 3. The van der Waals surface area contributed by atoms with Gasteiger partial charge >= 0.3 is 11.7 Å². The number of para-hydroxylation sites is 2. The zero-order chi connectivity index (χ0) is 20.4. The Bertz CT molecular complexity index is 1080. The van der Waals surface area contributed by atoms with Crippen molar-refractivity contribution < 1.29 is 4.79 Å². The van der Waals surface area contributed by atoms with E-state index in [9.17, 15) is 9.59 Å². The SMILES string of the molecule is Cc1c[nH]c(=O)n1-c1ccccc1NC(=O)N1CCN(c2cccc(Cl)c2)CC1. The van der Waals surface area contributed by atoms with E-state index >= 15 is 0 Å². The zero-order valence-corrected chi connectivity index (χ0v) is 16.8. The Morgan fingerprint density at radius 3 is 2.52 bits per heavy atom. The first-order chi connectivity index (χ1) is 14.0. The largest absolute Gasteiger partial charge is 0.368 e. The predicted octanol–water partition coefficient (Wildman–Crippen LogP) is 3.48. The summed E-state index contributed by atoms with van der Waals surface area (Å²) >= 11 is 6.09. The standard InChI is InChI=1S/C21H22ClN5O2/c1-15-14-23-20(28)27(15)19-8-3-2-7-18(19)24-21(29)26-11-9-25(10-12-26)17-6-4-5-16(22)13-17/h2-8,13-14H,9-12H2,1H3,(H,23,28)(H,24,29). The number of H-pyrrole nitrogens is 1. The number of carbonyl (C=O) groups excluding carboxylic acids is 1. The second kappa shape index (κ2) is 8.05. The van der Waals surface area contributed by atoms with Crippen LogP contribution in [-0.4, -0.2) is 46.7 Å². The molecule has 0 bridgehead atoms. The number of amides is 2. The third-order valence-electron chi connectivity index (χ3n) is 5.09. The van der Waals surface area contributed by atoms with Gasteiger partial charge in [-0.15, -0.1) is 0 Å².